The Hall–Kier alpha value is -0.730. The van der Waals surface area contributed by atoms with Gasteiger partial charge in [0.15, 0.2) is 0 Å². The Bertz CT molecular complexity index is 462. The van der Waals surface area contributed by atoms with Crippen molar-refractivity contribution in [2.45, 2.75) is 19.2 Å². The molecule has 3 heteroatoms. The van der Waals surface area contributed by atoms with Crippen LogP contribution in [0.15, 0.2) is 17.5 Å². The van der Waals surface area contributed by atoms with Crippen LogP contribution in [0.3, 0.4) is 0 Å². The number of rotatable bonds is 2. The number of phenols is 1. The first-order valence-electron chi connectivity index (χ1n) is 4.54. The van der Waals surface area contributed by atoms with Crippen LogP contribution in [-0.2, 0) is 12.3 Å². The molecule has 2 aromatic rings. The molecule has 0 bridgehead atoms. The number of phenolic OH excluding ortho intramolecular Hbond substituents is 1. The zero-order valence-corrected chi connectivity index (χ0v) is 9.45. The predicted octanol–water partition coefficient (Wildman–Crippen LogP) is 3.91. The van der Waals surface area contributed by atoms with Gasteiger partial charge in [-0.15, -0.1) is 22.9 Å². The van der Waals surface area contributed by atoms with Crippen molar-refractivity contribution in [2.75, 3.05) is 0 Å². The van der Waals surface area contributed by atoms with E-state index in [-0.39, 0.29) is 0 Å². The maximum absolute atomic E-state index is 9.88. The zero-order valence-electron chi connectivity index (χ0n) is 7.88. The number of thiophene rings is 1. The average molecular weight is 227 g/mol. The van der Waals surface area contributed by atoms with Crippen LogP contribution >= 0.6 is 22.9 Å². The molecule has 0 unspecified atom stereocenters. The summed E-state index contributed by atoms with van der Waals surface area (Å²) in [5.41, 5.74) is 2.09. The molecule has 0 aliphatic rings. The van der Waals surface area contributed by atoms with Crippen molar-refractivity contribution in [3.05, 3.63) is 28.6 Å². The van der Waals surface area contributed by atoms with E-state index in [9.17, 15) is 5.11 Å². The highest BCUT2D eigenvalue weighted by atomic mass is 35.5. The van der Waals surface area contributed by atoms with E-state index < -0.39 is 0 Å². The normalized spacial score (nSPS) is 11.0. The van der Waals surface area contributed by atoms with E-state index in [1.54, 1.807) is 11.3 Å². The molecule has 1 N–H and O–H groups in total. The van der Waals surface area contributed by atoms with Crippen LogP contribution in [0.4, 0.5) is 0 Å². The van der Waals surface area contributed by atoms with Gasteiger partial charge in [0, 0.05) is 5.56 Å². The molecule has 0 radical (unpaired) electrons. The van der Waals surface area contributed by atoms with Crippen molar-refractivity contribution >= 4 is 33.0 Å². The van der Waals surface area contributed by atoms with Crippen LogP contribution < -0.4 is 0 Å². The van der Waals surface area contributed by atoms with E-state index in [0.717, 1.165) is 22.1 Å². The van der Waals surface area contributed by atoms with E-state index in [1.165, 1.54) is 5.56 Å². The van der Waals surface area contributed by atoms with Gasteiger partial charge in [-0.3, -0.25) is 0 Å². The highest BCUT2D eigenvalue weighted by molar-refractivity contribution is 7.17. The first kappa shape index (κ1) is 9.81. The number of alkyl halides is 1. The fourth-order valence-electron chi connectivity index (χ4n) is 1.64. The van der Waals surface area contributed by atoms with Gasteiger partial charge >= 0.3 is 0 Å². The standard InChI is InChI=1S/C11H11ClOS/c1-2-7-5-8(6-12)10(13)11-9(7)3-4-14-11/h3-5,13H,2,6H2,1H3. The molecule has 0 saturated heterocycles. The lowest BCUT2D eigenvalue weighted by Crippen LogP contribution is -1.86. The second-order valence-corrected chi connectivity index (χ2v) is 4.38. The molecule has 1 nitrogen and oxygen atoms in total. The van der Waals surface area contributed by atoms with Crippen molar-refractivity contribution in [3.63, 3.8) is 0 Å². The number of fused-ring (bicyclic) bond motifs is 1. The van der Waals surface area contributed by atoms with Gasteiger partial charge in [-0.25, -0.2) is 0 Å². The van der Waals surface area contributed by atoms with Crippen LogP contribution in [0.25, 0.3) is 10.1 Å². The van der Waals surface area contributed by atoms with Crippen LogP contribution in [0.2, 0.25) is 0 Å². The van der Waals surface area contributed by atoms with Crippen molar-refractivity contribution in [3.8, 4) is 5.75 Å². The molecule has 0 amide bonds. The molecule has 1 aromatic carbocycles. The Labute approximate surface area is 91.9 Å². The van der Waals surface area contributed by atoms with Crippen LogP contribution in [0.1, 0.15) is 18.1 Å². The minimum Gasteiger partial charge on any atom is -0.506 e. The SMILES string of the molecule is CCc1cc(CCl)c(O)c2sccc12. The Kier molecular flexibility index (Phi) is 2.66. The molecule has 14 heavy (non-hydrogen) atoms. The van der Waals surface area contributed by atoms with Crippen LogP contribution in [0.5, 0.6) is 5.75 Å². The maximum Gasteiger partial charge on any atom is 0.137 e. The summed E-state index contributed by atoms with van der Waals surface area (Å²) >= 11 is 7.34. The molecular formula is C11H11ClOS. The zero-order chi connectivity index (χ0) is 10.1. The summed E-state index contributed by atoms with van der Waals surface area (Å²) in [4.78, 5) is 0. The number of aryl methyl sites for hydroxylation is 1. The van der Waals surface area contributed by atoms with E-state index in [2.05, 4.69) is 13.0 Å². The van der Waals surface area contributed by atoms with Gasteiger partial charge in [0.25, 0.3) is 0 Å². The van der Waals surface area contributed by atoms with Gasteiger partial charge < -0.3 is 5.11 Å². The molecular weight excluding hydrogens is 216 g/mol. The lowest BCUT2D eigenvalue weighted by Gasteiger charge is -2.06. The van der Waals surface area contributed by atoms with E-state index in [4.69, 9.17) is 11.6 Å². The number of hydrogen-bond acceptors (Lipinski definition) is 2. The van der Waals surface area contributed by atoms with Gasteiger partial charge in [0.05, 0.1) is 10.6 Å². The summed E-state index contributed by atoms with van der Waals surface area (Å²) in [5.74, 6) is 0.717. The average Bonchev–Trinajstić information content (AvgIpc) is 2.68. The summed E-state index contributed by atoms with van der Waals surface area (Å²) in [6.07, 6.45) is 0.970. The van der Waals surface area contributed by atoms with Crippen molar-refractivity contribution in [1.29, 1.82) is 0 Å². The number of aromatic hydroxyl groups is 1. The highest BCUT2D eigenvalue weighted by Gasteiger charge is 2.10. The molecule has 0 atom stereocenters. The van der Waals surface area contributed by atoms with E-state index in [0.29, 0.717) is 11.6 Å². The first-order chi connectivity index (χ1) is 6.77. The Morgan fingerprint density at radius 3 is 2.86 bits per heavy atom. The number of benzene rings is 1. The van der Waals surface area contributed by atoms with Crippen molar-refractivity contribution in [2.24, 2.45) is 0 Å². The summed E-state index contributed by atoms with van der Waals surface area (Å²) in [7, 11) is 0. The van der Waals surface area contributed by atoms with Crippen molar-refractivity contribution < 1.29 is 5.11 Å². The Morgan fingerprint density at radius 2 is 2.21 bits per heavy atom. The molecule has 1 heterocycles. The smallest absolute Gasteiger partial charge is 0.137 e. The lowest BCUT2D eigenvalue weighted by atomic mass is 10.0. The quantitative estimate of drug-likeness (QED) is 0.770. The second-order valence-electron chi connectivity index (χ2n) is 3.19. The van der Waals surface area contributed by atoms with Gasteiger partial charge in [-0.1, -0.05) is 13.0 Å². The molecule has 0 aliphatic heterocycles. The maximum atomic E-state index is 9.88. The molecule has 0 fully saturated rings. The topological polar surface area (TPSA) is 20.2 Å². The third-order valence-corrected chi connectivity index (χ3v) is 3.61. The summed E-state index contributed by atoms with van der Waals surface area (Å²) in [5, 5.41) is 13.0. The number of halogens is 1. The fraction of sp³-hybridized carbons (Fsp3) is 0.273. The van der Waals surface area contributed by atoms with Gasteiger partial charge in [-0.2, -0.15) is 0 Å². The molecule has 0 spiro atoms. The lowest BCUT2D eigenvalue weighted by molar-refractivity contribution is 0.477. The Morgan fingerprint density at radius 1 is 1.43 bits per heavy atom. The second kappa shape index (κ2) is 3.79. The Balaban J connectivity index is 2.80. The number of hydrogen-bond donors (Lipinski definition) is 1. The minimum atomic E-state index is 0.349. The van der Waals surface area contributed by atoms with Gasteiger partial charge in [0.2, 0.25) is 0 Å². The predicted molar refractivity (Wildman–Crippen MR) is 62.4 cm³/mol. The van der Waals surface area contributed by atoms with Crippen LogP contribution in [-0.4, -0.2) is 5.11 Å². The summed E-state index contributed by atoms with van der Waals surface area (Å²) < 4.78 is 0.958. The third-order valence-electron chi connectivity index (χ3n) is 2.40. The first-order valence-corrected chi connectivity index (χ1v) is 5.96. The molecule has 0 saturated carbocycles. The highest BCUT2D eigenvalue weighted by Crippen LogP contribution is 2.36. The van der Waals surface area contributed by atoms with Crippen LogP contribution in [0, 0.1) is 0 Å². The molecule has 0 aliphatic carbocycles. The van der Waals surface area contributed by atoms with Crippen molar-refractivity contribution in [1.82, 2.24) is 0 Å². The molecule has 1 aromatic heterocycles. The minimum absolute atomic E-state index is 0.349. The van der Waals surface area contributed by atoms with Gasteiger partial charge in [-0.05, 0) is 28.8 Å². The van der Waals surface area contributed by atoms with Gasteiger partial charge in [0.1, 0.15) is 5.75 Å². The fourth-order valence-corrected chi connectivity index (χ4v) is 2.75. The largest absolute Gasteiger partial charge is 0.506 e. The summed E-state index contributed by atoms with van der Waals surface area (Å²) in [6.45, 7) is 2.11. The molecule has 2 rings (SSSR count). The van der Waals surface area contributed by atoms with E-state index in [1.807, 2.05) is 11.4 Å². The molecule has 74 valence electrons. The van der Waals surface area contributed by atoms with E-state index >= 15 is 0 Å². The summed E-state index contributed by atoms with van der Waals surface area (Å²) in [6, 6.07) is 4.05. The third kappa shape index (κ3) is 1.39. The monoisotopic (exact) mass is 226 g/mol.